The minimum absolute atomic E-state index is 0.580. The lowest BCUT2D eigenvalue weighted by molar-refractivity contribution is 0.515. The Bertz CT molecular complexity index is 652. The highest BCUT2D eigenvalue weighted by atomic mass is 32.2. The van der Waals surface area contributed by atoms with Gasteiger partial charge in [0.1, 0.15) is 11.6 Å². The molecule has 1 fully saturated rings. The van der Waals surface area contributed by atoms with Crippen molar-refractivity contribution in [1.29, 1.82) is 0 Å². The molecule has 19 heavy (non-hydrogen) atoms. The lowest BCUT2D eigenvalue weighted by atomic mass is 10.2. The van der Waals surface area contributed by atoms with Crippen LogP contribution in [0, 0.1) is 5.92 Å². The van der Waals surface area contributed by atoms with Crippen molar-refractivity contribution in [2.75, 3.05) is 5.73 Å². The Balaban J connectivity index is 1.72. The number of nitrogen functional groups attached to an aromatic ring is 1. The maximum atomic E-state index is 6.00. The van der Waals surface area contributed by atoms with Gasteiger partial charge in [0.25, 0.3) is 0 Å². The van der Waals surface area contributed by atoms with Gasteiger partial charge in [0.05, 0.1) is 5.69 Å². The number of anilines is 1. The number of rotatable bonds is 2. The SMILES string of the molecule is CC1CC1c1ccc(-c2nc(N)c3c(n2)CSC3)o1. The van der Waals surface area contributed by atoms with Gasteiger partial charge in [-0.05, 0) is 24.5 Å². The van der Waals surface area contributed by atoms with Crippen LogP contribution >= 0.6 is 11.8 Å². The number of nitrogens with zero attached hydrogens (tertiary/aromatic N) is 2. The molecule has 0 spiro atoms. The van der Waals surface area contributed by atoms with Crippen LogP contribution in [0.5, 0.6) is 0 Å². The van der Waals surface area contributed by atoms with Crippen molar-refractivity contribution in [3.8, 4) is 11.6 Å². The minimum atomic E-state index is 0.580. The zero-order valence-electron chi connectivity index (χ0n) is 10.7. The van der Waals surface area contributed by atoms with Gasteiger partial charge in [-0.15, -0.1) is 0 Å². The molecule has 5 heteroatoms. The van der Waals surface area contributed by atoms with E-state index in [4.69, 9.17) is 10.2 Å². The third kappa shape index (κ3) is 1.84. The van der Waals surface area contributed by atoms with Gasteiger partial charge in [0, 0.05) is 23.0 Å². The van der Waals surface area contributed by atoms with E-state index in [0.717, 1.165) is 40.2 Å². The summed E-state index contributed by atoms with van der Waals surface area (Å²) in [5, 5.41) is 0. The van der Waals surface area contributed by atoms with Crippen LogP contribution in [0.25, 0.3) is 11.6 Å². The first-order valence-electron chi connectivity index (χ1n) is 6.55. The van der Waals surface area contributed by atoms with Crippen molar-refractivity contribution >= 4 is 17.6 Å². The van der Waals surface area contributed by atoms with Crippen LogP contribution in [0.3, 0.4) is 0 Å². The standard InChI is InChI=1S/C14H15N3OS/c1-7-4-8(7)11-2-3-12(18-11)14-16-10-6-19-5-9(10)13(15)17-14/h2-3,7-8H,4-6H2,1H3,(H2,15,16,17). The average molecular weight is 273 g/mol. The minimum Gasteiger partial charge on any atom is -0.457 e. The van der Waals surface area contributed by atoms with Crippen LogP contribution in [0.1, 0.15) is 36.3 Å². The zero-order valence-corrected chi connectivity index (χ0v) is 11.5. The molecule has 0 amide bonds. The number of hydrogen-bond acceptors (Lipinski definition) is 5. The van der Waals surface area contributed by atoms with Crippen LogP contribution < -0.4 is 5.73 Å². The molecular weight excluding hydrogens is 258 g/mol. The number of fused-ring (bicyclic) bond motifs is 1. The fourth-order valence-electron chi connectivity index (χ4n) is 2.58. The topological polar surface area (TPSA) is 64.9 Å². The Morgan fingerprint density at radius 3 is 2.95 bits per heavy atom. The van der Waals surface area contributed by atoms with Gasteiger partial charge in [-0.25, -0.2) is 9.97 Å². The second-order valence-electron chi connectivity index (χ2n) is 5.37. The Morgan fingerprint density at radius 2 is 2.16 bits per heavy atom. The van der Waals surface area contributed by atoms with E-state index in [1.54, 1.807) is 0 Å². The van der Waals surface area contributed by atoms with Crippen molar-refractivity contribution in [2.45, 2.75) is 30.8 Å². The first kappa shape index (κ1) is 11.3. The fraction of sp³-hybridized carbons (Fsp3) is 0.429. The summed E-state index contributed by atoms with van der Waals surface area (Å²) in [5.74, 6) is 6.17. The predicted molar refractivity (Wildman–Crippen MR) is 75.7 cm³/mol. The molecule has 1 aliphatic heterocycles. The first-order valence-corrected chi connectivity index (χ1v) is 7.71. The van der Waals surface area contributed by atoms with Crippen LogP contribution in [0.15, 0.2) is 16.5 Å². The molecule has 4 nitrogen and oxygen atoms in total. The van der Waals surface area contributed by atoms with E-state index in [-0.39, 0.29) is 0 Å². The van der Waals surface area contributed by atoms with E-state index in [9.17, 15) is 0 Å². The molecule has 0 aromatic carbocycles. The molecular formula is C14H15N3OS. The van der Waals surface area contributed by atoms with E-state index in [2.05, 4.69) is 16.9 Å². The smallest absolute Gasteiger partial charge is 0.197 e. The van der Waals surface area contributed by atoms with Gasteiger partial charge in [-0.1, -0.05) is 6.92 Å². The largest absolute Gasteiger partial charge is 0.457 e. The Kier molecular flexibility index (Phi) is 2.39. The van der Waals surface area contributed by atoms with Gasteiger partial charge in [0.15, 0.2) is 11.6 Å². The molecule has 3 heterocycles. The molecule has 1 aliphatic carbocycles. The molecule has 1 saturated carbocycles. The number of aromatic nitrogens is 2. The summed E-state index contributed by atoms with van der Waals surface area (Å²) in [6.45, 7) is 2.24. The van der Waals surface area contributed by atoms with Crippen molar-refractivity contribution in [3.05, 3.63) is 29.2 Å². The molecule has 2 aromatic heterocycles. The van der Waals surface area contributed by atoms with E-state index in [0.29, 0.717) is 17.6 Å². The maximum Gasteiger partial charge on any atom is 0.197 e. The summed E-state index contributed by atoms with van der Waals surface area (Å²) >= 11 is 1.83. The molecule has 0 radical (unpaired) electrons. The van der Waals surface area contributed by atoms with E-state index in [1.165, 1.54) is 6.42 Å². The molecule has 98 valence electrons. The number of nitrogens with two attached hydrogens (primary N) is 1. The molecule has 2 N–H and O–H groups in total. The number of thioether (sulfide) groups is 1. The van der Waals surface area contributed by atoms with E-state index >= 15 is 0 Å². The highest BCUT2D eigenvalue weighted by Gasteiger charge is 2.36. The fourth-order valence-corrected chi connectivity index (χ4v) is 3.63. The lowest BCUT2D eigenvalue weighted by Gasteiger charge is -2.04. The van der Waals surface area contributed by atoms with Gasteiger partial charge in [0.2, 0.25) is 0 Å². The van der Waals surface area contributed by atoms with Crippen LogP contribution in [0.2, 0.25) is 0 Å². The second kappa shape index (κ2) is 4.00. The predicted octanol–water partition coefficient (Wildman–Crippen LogP) is 3.19. The Labute approximate surface area is 115 Å². The van der Waals surface area contributed by atoms with Crippen LogP contribution in [-0.2, 0) is 11.5 Å². The molecule has 2 aromatic rings. The number of hydrogen-bond donors (Lipinski definition) is 1. The van der Waals surface area contributed by atoms with Gasteiger partial charge in [-0.2, -0.15) is 11.8 Å². The van der Waals surface area contributed by atoms with Crippen molar-refractivity contribution in [1.82, 2.24) is 9.97 Å². The molecule has 0 saturated heterocycles. The molecule has 2 aliphatic rings. The molecule has 2 atom stereocenters. The zero-order chi connectivity index (χ0) is 13.0. The molecule has 4 rings (SSSR count). The van der Waals surface area contributed by atoms with Gasteiger partial charge >= 0.3 is 0 Å². The van der Waals surface area contributed by atoms with Crippen molar-refractivity contribution < 1.29 is 4.42 Å². The average Bonchev–Trinajstić information content (AvgIpc) is 2.88. The van der Waals surface area contributed by atoms with Crippen molar-refractivity contribution in [3.63, 3.8) is 0 Å². The quantitative estimate of drug-likeness (QED) is 0.910. The molecule has 2 unspecified atom stereocenters. The lowest BCUT2D eigenvalue weighted by Crippen LogP contribution is -2.02. The summed E-state index contributed by atoms with van der Waals surface area (Å²) in [6, 6.07) is 4.01. The van der Waals surface area contributed by atoms with Gasteiger partial charge < -0.3 is 10.2 Å². The van der Waals surface area contributed by atoms with Crippen molar-refractivity contribution in [2.24, 2.45) is 5.92 Å². The summed E-state index contributed by atoms with van der Waals surface area (Å²) in [7, 11) is 0. The highest BCUT2D eigenvalue weighted by molar-refractivity contribution is 7.98. The second-order valence-corrected chi connectivity index (χ2v) is 6.36. The first-order chi connectivity index (χ1) is 9.22. The van der Waals surface area contributed by atoms with E-state index in [1.807, 2.05) is 23.9 Å². The monoisotopic (exact) mass is 273 g/mol. The summed E-state index contributed by atoms with van der Waals surface area (Å²) in [5.41, 5.74) is 8.16. The Morgan fingerprint density at radius 1 is 1.32 bits per heavy atom. The number of furan rings is 1. The van der Waals surface area contributed by atoms with E-state index < -0.39 is 0 Å². The third-order valence-electron chi connectivity index (χ3n) is 3.93. The molecule has 0 bridgehead atoms. The van der Waals surface area contributed by atoms with Gasteiger partial charge in [-0.3, -0.25) is 0 Å². The van der Waals surface area contributed by atoms with Crippen LogP contribution in [-0.4, -0.2) is 9.97 Å². The maximum absolute atomic E-state index is 6.00. The highest BCUT2D eigenvalue weighted by Crippen LogP contribution is 2.48. The third-order valence-corrected chi connectivity index (χ3v) is 4.90. The normalized spacial score (nSPS) is 24.5. The Hall–Kier alpha value is -1.49. The summed E-state index contributed by atoms with van der Waals surface area (Å²) in [6.07, 6.45) is 1.22. The summed E-state index contributed by atoms with van der Waals surface area (Å²) < 4.78 is 5.89. The van der Waals surface area contributed by atoms with Crippen LogP contribution in [0.4, 0.5) is 5.82 Å². The summed E-state index contributed by atoms with van der Waals surface area (Å²) in [4.78, 5) is 8.98.